The third-order valence-electron chi connectivity index (χ3n) is 4.15. The summed E-state index contributed by atoms with van der Waals surface area (Å²) in [6.07, 6.45) is 2.82. The molecule has 3 aromatic rings. The molecule has 0 unspecified atom stereocenters. The van der Waals surface area contributed by atoms with Crippen molar-refractivity contribution in [1.29, 1.82) is 0 Å². The number of carbonyl (C=O) groups excluding carboxylic acids is 1. The van der Waals surface area contributed by atoms with Gasteiger partial charge in [-0.2, -0.15) is 0 Å². The molecular weight excluding hydrogens is 316 g/mol. The standard InChI is InChI=1S/C20H18N2O3/c1-14-19(18(24)13-12-15-8-6-7-11-17(15)23)20(25)22(21(14)2)16-9-4-3-5-10-16/h3-13,23H,1-2H3/b13-12+. The number of hydrogen-bond acceptors (Lipinski definition) is 3. The molecule has 0 atom stereocenters. The fourth-order valence-corrected chi connectivity index (χ4v) is 2.73. The summed E-state index contributed by atoms with van der Waals surface area (Å²) in [4.78, 5) is 25.3. The first-order valence-electron chi connectivity index (χ1n) is 7.85. The van der Waals surface area contributed by atoms with E-state index in [1.807, 2.05) is 30.3 Å². The van der Waals surface area contributed by atoms with Crippen molar-refractivity contribution in [1.82, 2.24) is 9.36 Å². The van der Waals surface area contributed by atoms with Crippen molar-refractivity contribution in [3.63, 3.8) is 0 Å². The number of hydrogen-bond donors (Lipinski definition) is 1. The van der Waals surface area contributed by atoms with Crippen LogP contribution in [0.3, 0.4) is 0 Å². The molecule has 1 N–H and O–H groups in total. The predicted octanol–water partition coefficient (Wildman–Crippen LogP) is 3.09. The molecule has 1 aromatic heterocycles. The Morgan fingerprint density at radius 1 is 1.04 bits per heavy atom. The van der Waals surface area contributed by atoms with Crippen molar-refractivity contribution in [3.05, 3.63) is 87.8 Å². The molecule has 25 heavy (non-hydrogen) atoms. The number of aromatic hydroxyl groups is 1. The molecule has 0 spiro atoms. The van der Waals surface area contributed by atoms with Gasteiger partial charge in [0.25, 0.3) is 5.56 Å². The highest BCUT2D eigenvalue weighted by atomic mass is 16.3. The van der Waals surface area contributed by atoms with Crippen LogP contribution in [0.25, 0.3) is 11.8 Å². The molecule has 2 aromatic carbocycles. The summed E-state index contributed by atoms with van der Waals surface area (Å²) in [5, 5.41) is 9.77. The molecule has 1 heterocycles. The van der Waals surface area contributed by atoms with E-state index in [1.54, 1.807) is 42.9 Å². The Morgan fingerprint density at radius 3 is 2.36 bits per heavy atom. The number of allylic oxidation sites excluding steroid dienone is 1. The molecule has 5 nitrogen and oxygen atoms in total. The van der Waals surface area contributed by atoms with Gasteiger partial charge in [0.2, 0.25) is 0 Å². The van der Waals surface area contributed by atoms with E-state index in [1.165, 1.54) is 16.8 Å². The molecule has 5 heteroatoms. The molecule has 0 bridgehead atoms. The van der Waals surface area contributed by atoms with Gasteiger partial charge in [-0.1, -0.05) is 36.4 Å². The first-order valence-corrected chi connectivity index (χ1v) is 7.85. The van der Waals surface area contributed by atoms with Gasteiger partial charge < -0.3 is 5.11 Å². The fraction of sp³-hybridized carbons (Fsp3) is 0.100. The van der Waals surface area contributed by atoms with E-state index in [0.717, 1.165) is 0 Å². The minimum absolute atomic E-state index is 0.0815. The summed E-state index contributed by atoms with van der Waals surface area (Å²) in [6, 6.07) is 15.9. The van der Waals surface area contributed by atoms with Gasteiger partial charge in [-0.25, -0.2) is 4.68 Å². The topological polar surface area (TPSA) is 64.2 Å². The summed E-state index contributed by atoms with van der Waals surface area (Å²) < 4.78 is 3.13. The van der Waals surface area contributed by atoms with E-state index < -0.39 is 5.78 Å². The van der Waals surface area contributed by atoms with Crippen LogP contribution >= 0.6 is 0 Å². The number of nitrogens with zero attached hydrogens (tertiary/aromatic N) is 2. The van der Waals surface area contributed by atoms with Crippen molar-refractivity contribution >= 4 is 11.9 Å². The maximum absolute atomic E-state index is 12.8. The van der Waals surface area contributed by atoms with Crippen molar-refractivity contribution in [3.8, 4) is 11.4 Å². The van der Waals surface area contributed by atoms with Gasteiger partial charge in [0, 0.05) is 18.3 Å². The van der Waals surface area contributed by atoms with E-state index in [9.17, 15) is 14.7 Å². The van der Waals surface area contributed by atoms with Crippen LogP contribution in [-0.2, 0) is 7.05 Å². The highest BCUT2D eigenvalue weighted by Crippen LogP contribution is 2.18. The molecule has 0 fully saturated rings. The zero-order valence-corrected chi connectivity index (χ0v) is 14.0. The largest absolute Gasteiger partial charge is 0.507 e. The molecule has 0 aliphatic rings. The van der Waals surface area contributed by atoms with Crippen LogP contribution in [0.4, 0.5) is 0 Å². The van der Waals surface area contributed by atoms with Crippen molar-refractivity contribution in [2.24, 2.45) is 7.05 Å². The Bertz CT molecular complexity index is 1010. The van der Waals surface area contributed by atoms with Crippen LogP contribution in [0.5, 0.6) is 5.75 Å². The van der Waals surface area contributed by atoms with Gasteiger partial charge in [0.1, 0.15) is 11.3 Å². The number of benzene rings is 2. The van der Waals surface area contributed by atoms with Crippen LogP contribution in [0.2, 0.25) is 0 Å². The average Bonchev–Trinajstić information content (AvgIpc) is 2.84. The van der Waals surface area contributed by atoms with Gasteiger partial charge >= 0.3 is 0 Å². The first kappa shape index (κ1) is 16.5. The lowest BCUT2D eigenvalue weighted by atomic mass is 10.1. The average molecular weight is 334 g/mol. The van der Waals surface area contributed by atoms with Crippen LogP contribution in [0.1, 0.15) is 21.6 Å². The number of phenolic OH excluding ortho intramolecular Hbond substituents is 1. The van der Waals surface area contributed by atoms with Gasteiger partial charge in [0.15, 0.2) is 5.78 Å². The van der Waals surface area contributed by atoms with E-state index in [0.29, 0.717) is 16.9 Å². The summed E-state index contributed by atoms with van der Waals surface area (Å²) in [5.74, 6) is -0.311. The summed E-state index contributed by atoms with van der Waals surface area (Å²) in [7, 11) is 1.74. The van der Waals surface area contributed by atoms with E-state index in [2.05, 4.69) is 0 Å². The Labute approximate surface area is 145 Å². The quantitative estimate of drug-likeness (QED) is 0.589. The van der Waals surface area contributed by atoms with Crippen molar-refractivity contribution < 1.29 is 9.90 Å². The second-order valence-corrected chi connectivity index (χ2v) is 5.69. The molecule has 0 saturated carbocycles. The van der Waals surface area contributed by atoms with Gasteiger partial charge in [-0.15, -0.1) is 0 Å². The van der Waals surface area contributed by atoms with Crippen molar-refractivity contribution in [2.75, 3.05) is 0 Å². The zero-order chi connectivity index (χ0) is 18.0. The van der Waals surface area contributed by atoms with Crippen LogP contribution in [0, 0.1) is 6.92 Å². The Kier molecular flexibility index (Phi) is 4.39. The monoisotopic (exact) mass is 334 g/mol. The smallest absolute Gasteiger partial charge is 0.282 e. The van der Waals surface area contributed by atoms with Gasteiger partial charge in [0.05, 0.1) is 5.69 Å². The molecule has 0 aliphatic carbocycles. The maximum atomic E-state index is 12.8. The summed E-state index contributed by atoms with van der Waals surface area (Å²) in [5.41, 5.74) is 1.56. The normalized spacial score (nSPS) is 11.1. The number of phenols is 1. The molecule has 0 saturated heterocycles. The SMILES string of the molecule is Cc1c(C(=O)/C=C/c2ccccc2O)c(=O)n(-c2ccccc2)n1C. The molecule has 0 radical (unpaired) electrons. The number of rotatable bonds is 4. The Hall–Kier alpha value is -3.34. The van der Waals surface area contributed by atoms with Crippen LogP contribution < -0.4 is 5.56 Å². The van der Waals surface area contributed by atoms with E-state index in [4.69, 9.17) is 0 Å². The van der Waals surface area contributed by atoms with Gasteiger partial charge in [-0.05, 0) is 37.3 Å². The number of carbonyl (C=O) groups is 1. The fourth-order valence-electron chi connectivity index (χ4n) is 2.73. The third-order valence-corrected chi connectivity index (χ3v) is 4.15. The third kappa shape index (κ3) is 3.04. The molecule has 3 rings (SSSR count). The lowest BCUT2D eigenvalue weighted by Gasteiger charge is -2.07. The van der Waals surface area contributed by atoms with Crippen LogP contribution in [0.15, 0.2) is 65.5 Å². The highest BCUT2D eigenvalue weighted by Gasteiger charge is 2.20. The number of aromatic nitrogens is 2. The second-order valence-electron chi connectivity index (χ2n) is 5.69. The van der Waals surface area contributed by atoms with E-state index in [-0.39, 0.29) is 16.9 Å². The maximum Gasteiger partial charge on any atom is 0.282 e. The van der Waals surface area contributed by atoms with Crippen LogP contribution in [-0.4, -0.2) is 20.3 Å². The summed E-state index contributed by atoms with van der Waals surface area (Å²) in [6.45, 7) is 1.74. The molecule has 0 amide bonds. The van der Waals surface area contributed by atoms with Crippen molar-refractivity contribution in [2.45, 2.75) is 6.92 Å². The number of ketones is 1. The first-order chi connectivity index (χ1) is 12.0. The van der Waals surface area contributed by atoms with E-state index >= 15 is 0 Å². The number of para-hydroxylation sites is 2. The highest BCUT2D eigenvalue weighted by molar-refractivity contribution is 6.07. The lowest BCUT2D eigenvalue weighted by molar-refractivity contribution is 0.104. The minimum Gasteiger partial charge on any atom is -0.507 e. The molecular formula is C20H18N2O3. The zero-order valence-electron chi connectivity index (χ0n) is 14.0. The predicted molar refractivity (Wildman–Crippen MR) is 97.2 cm³/mol. The summed E-state index contributed by atoms with van der Waals surface area (Å²) >= 11 is 0. The second kappa shape index (κ2) is 6.65. The Morgan fingerprint density at radius 2 is 1.68 bits per heavy atom. The lowest BCUT2D eigenvalue weighted by Crippen LogP contribution is -2.22. The minimum atomic E-state index is -0.393. The van der Waals surface area contributed by atoms with Gasteiger partial charge in [-0.3, -0.25) is 14.3 Å². The molecule has 126 valence electrons. The Balaban J connectivity index is 2.02. The molecule has 0 aliphatic heterocycles.